The SMILES string of the molecule is CC(C)C(=O)c1cccc2c1Cc1ccccc1-2. The van der Waals surface area contributed by atoms with Crippen molar-refractivity contribution in [3.63, 3.8) is 0 Å². The quantitative estimate of drug-likeness (QED) is 0.612. The molecule has 1 aliphatic rings. The Balaban J connectivity index is 2.17. The molecule has 0 saturated carbocycles. The summed E-state index contributed by atoms with van der Waals surface area (Å²) in [7, 11) is 0. The molecule has 0 amide bonds. The summed E-state index contributed by atoms with van der Waals surface area (Å²) in [4.78, 5) is 12.3. The molecule has 0 unspecified atom stereocenters. The fourth-order valence-corrected chi connectivity index (χ4v) is 2.70. The van der Waals surface area contributed by atoms with Gasteiger partial charge in [-0.25, -0.2) is 0 Å². The van der Waals surface area contributed by atoms with E-state index in [1.807, 2.05) is 26.0 Å². The lowest BCUT2D eigenvalue weighted by atomic mass is 9.93. The first kappa shape index (κ1) is 11.2. The van der Waals surface area contributed by atoms with Gasteiger partial charge in [-0.2, -0.15) is 0 Å². The first-order valence-electron chi connectivity index (χ1n) is 6.43. The number of Topliss-reactive ketones (excluding diaryl/α,β-unsaturated/α-hetero) is 1. The molecule has 0 N–H and O–H groups in total. The fourth-order valence-electron chi connectivity index (χ4n) is 2.70. The smallest absolute Gasteiger partial charge is 0.165 e. The molecule has 0 spiro atoms. The molecule has 1 heteroatoms. The molecular formula is C17H16O. The Labute approximate surface area is 107 Å². The number of hydrogen-bond donors (Lipinski definition) is 0. The van der Waals surface area contributed by atoms with Crippen LogP contribution in [-0.4, -0.2) is 5.78 Å². The van der Waals surface area contributed by atoms with E-state index in [0.717, 1.165) is 12.0 Å². The third-order valence-electron chi connectivity index (χ3n) is 3.64. The highest BCUT2D eigenvalue weighted by Crippen LogP contribution is 2.38. The number of carbonyl (C=O) groups is 1. The molecule has 90 valence electrons. The van der Waals surface area contributed by atoms with Crippen molar-refractivity contribution in [1.29, 1.82) is 0 Å². The van der Waals surface area contributed by atoms with E-state index in [1.165, 1.54) is 22.3 Å². The summed E-state index contributed by atoms with van der Waals surface area (Å²) >= 11 is 0. The molecule has 18 heavy (non-hydrogen) atoms. The van der Waals surface area contributed by atoms with Gasteiger partial charge in [-0.15, -0.1) is 0 Å². The Bertz CT molecular complexity index is 623. The predicted molar refractivity (Wildman–Crippen MR) is 73.9 cm³/mol. The molecule has 0 radical (unpaired) electrons. The van der Waals surface area contributed by atoms with E-state index in [4.69, 9.17) is 0 Å². The highest BCUT2D eigenvalue weighted by Gasteiger charge is 2.23. The third kappa shape index (κ3) is 1.59. The van der Waals surface area contributed by atoms with Crippen LogP contribution in [0.2, 0.25) is 0 Å². The summed E-state index contributed by atoms with van der Waals surface area (Å²) in [6.07, 6.45) is 0.889. The first-order chi connectivity index (χ1) is 8.68. The maximum Gasteiger partial charge on any atom is 0.165 e. The van der Waals surface area contributed by atoms with Crippen molar-refractivity contribution in [2.45, 2.75) is 20.3 Å². The number of ketones is 1. The van der Waals surface area contributed by atoms with Gasteiger partial charge in [0.1, 0.15) is 0 Å². The highest BCUT2D eigenvalue weighted by molar-refractivity contribution is 6.01. The van der Waals surface area contributed by atoms with Crippen LogP contribution in [-0.2, 0) is 6.42 Å². The van der Waals surface area contributed by atoms with Crippen LogP contribution >= 0.6 is 0 Å². The van der Waals surface area contributed by atoms with Crippen LogP contribution in [0.1, 0.15) is 35.3 Å². The van der Waals surface area contributed by atoms with E-state index in [-0.39, 0.29) is 11.7 Å². The van der Waals surface area contributed by atoms with Crippen molar-refractivity contribution < 1.29 is 4.79 Å². The summed E-state index contributed by atoms with van der Waals surface area (Å²) in [5.74, 6) is 0.305. The Hall–Kier alpha value is -1.89. The van der Waals surface area contributed by atoms with Crippen LogP contribution in [0.15, 0.2) is 42.5 Å². The van der Waals surface area contributed by atoms with Crippen LogP contribution < -0.4 is 0 Å². The summed E-state index contributed by atoms with van der Waals surface area (Å²) in [5, 5.41) is 0. The van der Waals surface area contributed by atoms with Crippen molar-refractivity contribution in [2.24, 2.45) is 5.92 Å². The lowest BCUT2D eigenvalue weighted by Crippen LogP contribution is -2.10. The minimum absolute atomic E-state index is 0.0558. The second kappa shape index (κ2) is 4.09. The maximum absolute atomic E-state index is 12.3. The molecule has 1 nitrogen and oxygen atoms in total. The minimum Gasteiger partial charge on any atom is -0.294 e. The zero-order valence-electron chi connectivity index (χ0n) is 10.7. The average molecular weight is 236 g/mol. The predicted octanol–water partition coefficient (Wildman–Crippen LogP) is 4.10. The third-order valence-corrected chi connectivity index (χ3v) is 3.64. The highest BCUT2D eigenvalue weighted by atomic mass is 16.1. The molecule has 0 fully saturated rings. The molecule has 0 aliphatic heterocycles. The second-order valence-corrected chi connectivity index (χ2v) is 5.18. The van der Waals surface area contributed by atoms with Gasteiger partial charge in [0.25, 0.3) is 0 Å². The van der Waals surface area contributed by atoms with Gasteiger partial charge in [-0.3, -0.25) is 4.79 Å². The van der Waals surface area contributed by atoms with Gasteiger partial charge in [0.2, 0.25) is 0 Å². The molecule has 3 rings (SSSR count). The number of rotatable bonds is 2. The van der Waals surface area contributed by atoms with Crippen LogP contribution in [0, 0.1) is 5.92 Å². The van der Waals surface area contributed by atoms with Crippen LogP contribution in [0.5, 0.6) is 0 Å². The van der Waals surface area contributed by atoms with Gasteiger partial charge in [-0.05, 0) is 28.7 Å². The molecular weight excluding hydrogens is 220 g/mol. The number of benzene rings is 2. The molecule has 0 atom stereocenters. The number of hydrogen-bond acceptors (Lipinski definition) is 1. The standard InChI is InChI=1S/C17H16O/c1-11(2)17(18)15-9-5-8-14-13-7-4-3-6-12(13)10-16(14)15/h3-9,11H,10H2,1-2H3. The van der Waals surface area contributed by atoms with Crippen LogP contribution in [0.4, 0.5) is 0 Å². The minimum atomic E-state index is 0.0558. The number of carbonyl (C=O) groups excluding carboxylic acids is 1. The molecule has 2 aromatic carbocycles. The Morgan fingerprint density at radius 3 is 2.50 bits per heavy atom. The van der Waals surface area contributed by atoms with Crippen LogP contribution in [0.25, 0.3) is 11.1 Å². The maximum atomic E-state index is 12.3. The summed E-state index contributed by atoms with van der Waals surface area (Å²) < 4.78 is 0. The van der Waals surface area contributed by atoms with Gasteiger partial charge >= 0.3 is 0 Å². The van der Waals surface area contributed by atoms with Crippen molar-refractivity contribution >= 4 is 5.78 Å². The van der Waals surface area contributed by atoms with Gasteiger partial charge in [0, 0.05) is 11.5 Å². The largest absolute Gasteiger partial charge is 0.294 e. The van der Waals surface area contributed by atoms with E-state index in [9.17, 15) is 4.79 Å². The molecule has 0 aromatic heterocycles. The molecule has 1 aliphatic carbocycles. The zero-order valence-corrected chi connectivity index (χ0v) is 10.7. The Morgan fingerprint density at radius 2 is 1.72 bits per heavy atom. The van der Waals surface area contributed by atoms with E-state index in [2.05, 4.69) is 30.3 Å². The van der Waals surface area contributed by atoms with Gasteiger partial charge in [0.05, 0.1) is 0 Å². The topological polar surface area (TPSA) is 17.1 Å². The lowest BCUT2D eigenvalue weighted by molar-refractivity contribution is 0.0938. The average Bonchev–Trinajstić information content (AvgIpc) is 2.76. The van der Waals surface area contributed by atoms with Crippen molar-refractivity contribution in [2.75, 3.05) is 0 Å². The fraction of sp³-hybridized carbons (Fsp3) is 0.235. The van der Waals surface area contributed by atoms with E-state index < -0.39 is 0 Å². The van der Waals surface area contributed by atoms with Crippen molar-refractivity contribution in [3.05, 3.63) is 59.2 Å². The summed E-state index contributed by atoms with van der Waals surface area (Å²) in [6.45, 7) is 3.92. The van der Waals surface area contributed by atoms with Gasteiger partial charge in [0.15, 0.2) is 5.78 Å². The van der Waals surface area contributed by atoms with E-state index in [1.54, 1.807) is 0 Å². The molecule has 2 aromatic rings. The van der Waals surface area contributed by atoms with E-state index >= 15 is 0 Å². The van der Waals surface area contributed by atoms with Gasteiger partial charge < -0.3 is 0 Å². The Morgan fingerprint density at radius 1 is 1.00 bits per heavy atom. The monoisotopic (exact) mass is 236 g/mol. The van der Waals surface area contributed by atoms with Crippen LogP contribution in [0.3, 0.4) is 0 Å². The molecule has 0 bridgehead atoms. The zero-order chi connectivity index (χ0) is 12.7. The van der Waals surface area contributed by atoms with Crippen molar-refractivity contribution in [3.8, 4) is 11.1 Å². The van der Waals surface area contributed by atoms with Gasteiger partial charge in [-0.1, -0.05) is 56.3 Å². The second-order valence-electron chi connectivity index (χ2n) is 5.18. The first-order valence-corrected chi connectivity index (χ1v) is 6.43. The Kier molecular flexibility index (Phi) is 2.55. The molecule has 0 saturated heterocycles. The lowest BCUT2D eigenvalue weighted by Gasteiger charge is -2.09. The molecule has 0 heterocycles. The normalized spacial score (nSPS) is 12.4. The summed E-state index contributed by atoms with van der Waals surface area (Å²) in [6, 6.07) is 14.5. The number of fused-ring (bicyclic) bond motifs is 3. The summed E-state index contributed by atoms with van der Waals surface area (Å²) in [5.41, 5.74) is 5.95. The van der Waals surface area contributed by atoms with E-state index in [0.29, 0.717) is 0 Å². The van der Waals surface area contributed by atoms with Crippen molar-refractivity contribution in [1.82, 2.24) is 0 Å².